The van der Waals surface area contributed by atoms with Gasteiger partial charge in [-0.25, -0.2) is 9.59 Å². The van der Waals surface area contributed by atoms with Gasteiger partial charge in [0, 0.05) is 5.41 Å². The molecule has 0 saturated carbocycles. The molecule has 0 aliphatic heterocycles. The van der Waals surface area contributed by atoms with E-state index >= 15 is 0 Å². The molecule has 0 spiro atoms. The van der Waals surface area contributed by atoms with Crippen LogP contribution in [0.25, 0.3) is 0 Å². The van der Waals surface area contributed by atoms with Crippen LogP contribution in [0.15, 0.2) is 0 Å². The van der Waals surface area contributed by atoms with Gasteiger partial charge in [0.05, 0.1) is 13.2 Å². The Morgan fingerprint density at radius 3 is 1.24 bits per heavy atom. The van der Waals surface area contributed by atoms with Gasteiger partial charge in [0.25, 0.3) is 0 Å². The second-order valence-corrected chi connectivity index (χ2v) is 3.44. The van der Waals surface area contributed by atoms with E-state index in [-0.39, 0.29) is 18.6 Å². The normalized spacial score (nSPS) is 9.18. The average Bonchev–Trinajstić information content (AvgIpc) is 2.16. The molecule has 0 amide bonds. The smallest absolute Gasteiger partial charge is 0.450 e. The zero-order valence-corrected chi connectivity index (χ0v) is 9.83. The van der Waals surface area contributed by atoms with Crippen LogP contribution < -0.4 is 0 Å². The molecule has 0 unspecified atom stereocenters. The first kappa shape index (κ1) is 20.8. The largest absolute Gasteiger partial charge is 0.503 e. The summed E-state index contributed by atoms with van der Waals surface area (Å²) >= 11 is 0. The Morgan fingerprint density at radius 1 is 0.941 bits per heavy atom. The van der Waals surface area contributed by atoms with Gasteiger partial charge in [-0.15, -0.1) is 0 Å². The molecule has 0 atom stereocenters. The van der Waals surface area contributed by atoms with Gasteiger partial charge in [-0.3, -0.25) is 0 Å². The molecule has 0 aromatic rings. The number of hydrogen-bond acceptors (Lipinski definition) is 4. The van der Waals surface area contributed by atoms with E-state index in [9.17, 15) is 0 Å². The molecule has 0 aromatic heterocycles. The molecule has 8 heteroatoms. The third-order valence-corrected chi connectivity index (χ3v) is 1.62. The standard InChI is InChI=1S/C7H16O2.2CH2O3/c1-3-4-7(2,5-8)6-9;2*2-1(3)4/h8-9H,3-6H2,1-2H3;2*(H2,2,3,4). The predicted octanol–water partition coefficient (Wildman–Crippen LogP) is 1.22. The molecule has 0 saturated heterocycles. The van der Waals surface area contributed by atoms with Crippen LogP contribution in [0.4, 0.5) is 9.59 Å². The van der Waals surface area contributed by atoms with Gasteiger partial charge in [-0.05, 0) is 6.42 Å². The SMILES string of the molecule is CCCC(C)(CO)CO.O=C(O)O.O=C(O)O. The lowest BCUT2D eigenvalue weighted by atomic mass is 9.88. The van der Waals surface area contributed by atoms with Crippen molar-refractivity contribution in [3.63, 3.8) is 0 Å². The minimum atomic E-state index is -1.83. The number of hydrogen-bond donors (Lipinski definition) is 6. The van der Waals surface area contributed by atoms with E-state index in [4.69, 9.17) is 40.2 Å². The summed E-state index contributed by atoms with van der Waals surface area (Å²) in [5.41, 5.74) is -0.255. The molecule has 6 N–H and O–H groups in total. The molecule has 0 radical (unpaired) electrons. The van der Waals surface area contributed by atoms with Crippen molar-refractivity contribution in [3.8, 4) is 0 Å². The van der Waals surface area contributed by atoms with E-state index in [2.05, 4.69) is 0 Å². The monoisotopic (exact) mass is 256 g/mol. The van der Waals surface area contributed by atoms with E-state index in [0.29, 0.717) is 0 Å². The summed E-state index contributed by atoms with van der Waals surface area (Å²) in [5, 5.41) is 45.4. The van der Waals surface area contributed by atoms with Crippen molar-refractivity contribution in [2.45, 2.75) is 26.7 Å². The van der Waals surface area contributed by atoms with Crippen molar-refractivity contribution in [2.75, 3.05) is 13.2 Å². The summed E-state index contributed by atoms with van der Waals surface area (Å²) in [4.78, 5) is 17.1. The summed E-state index contributed by atoms with van der Waals surface area (Å²) in [6, 6.07) is 0. The Labute approximate surface area is 98.8 Å². The Hall–Kier alpha value is -1.54. The summed E-state index contributed by atoms with van der Waals surface area (Å²) in [6.45, 7) is 4.09. The molecule has 0 heterocycles. The fourth-order valence-corrected chi connectivity index (χ4v) is 0.812. The second kappa shape index (κ2) is 12.5. The number of rotatable bonds is 4. The fraction of sp³-hybridized carbons (Fsp3) is 0.778. The lowest BCUT2D eigenvalue weighted by molar-refractivity contribution is 0.0622. The molecule has 0 aliphatic rings. The third kappa shape index (κ3) is 31.4. The van der Waals surface area contributed by atoms with E-state index in [1.165, 1.54) is 0 Å². The van der Waals surface area contributed by atoms with Crippen molar-refractivity contribution < 1.29 is 40.2 Å². The highest BCUT2D eigenvalue weighted by molar-refractivity contribution is 5.53. The van der Waals surface area contributed by atoms with Gasteiger partial charge in [-0.1, -0.05) is 20.3 Å². The minimum Gasteiger partial charge on any atom is -0.450 e. The highest BCUT2D eigenvalue weighted by atomic mass is 16.6. The van der Waals surface area contributed by atoms with Gasteiger partial charge in [0.15, 0.2) is 0 Å². The maximum Gasteiger partial charge on any atom is 0.503 e. The molecule has 104 valence electrons. The fourth-order valence-electron chi connectivity index (χ4n) is 0.812. The molecular weight excluding hydrogens is 236 g/mol. The number of aliphatic hydroxyl groups is 2. The lowest BCUT2D eigenvalue weighted by Gasteiger charge is -2.23. The Bertz CT molecular complexity index is 179. The van der Waals surface area contributed by atoms with Gasteiger partial charge in [-0.2, -0.15) is 0 Å². The van der Waals surface area contributed by atoms with Crippen LogP contribution in [-0.2, 0) is 0 Å². The topological polar surface area (TPSA) is 156 Å². The van der Waals surface area contributed by atoms with Gasteiger partial charge >= 0.3 is 12.3 Å². The summed E-state index contributed by atoms with van der Waals surface area (Å²) in [6.07, 6.45) is -1.77. The third-order valence-electron chi connectivity index (χ3n) is 1.62. The molecule has 0 rings (SSSR count). The van der Waals surface area contributed by atoms with Gasteiger partial charge < -0.3 is 30.6 Å². The van der Waals surface area contributed by atoms with E-state index < -0.39 is 12.3 Å². The summed E-state index contributed by atoms with van der Waals surface area (Å²) < 4.78 is 0. The molecule has 8 nitrogen and oxygen atoms in total. The molecule has 0 aliphatic carbocycles. The van der Waals surface area contributed by atoms with Gasteiger partial charge in [0.2, 0.25) is 0 Å². The van der Waals surface area contributed by atoms with Crippen molar-refractivity contribution in [1.29, 1.82) is 0 Å². The molecular formula is C9H20O8. The van der Waals surface area contributed by atoms with Crippen LogP contribution in [0.1, 0.15) is 26.7 Å². The van der Waals surface area contributed by atoms with Crippen LogP contribution in [-0.4, -0.2) is 56.2 Å². The predicted molar refractivity (Wildman–Crippen MR) is 58.5 cm³/mol. The number of carbonyl (C=O) groups is 2. The molecule has 0 bridgehead atoms. The van der Waals surface area contributed by atoms with Crippen LogP contribution in [0.5, 0.6) is 0 Å². The Balaban J connectivity index is -0.000000205. The van der Waals surface area contributed by atoms with E-state index in [0.717, 1.165) is 12.8 Å². The lowest BCUT2D eigenvalue weighted by Crippen LogP contribution is -2.25. The quantitative estimate of drug-likeness (QED) is 0.438. The van der Waals surface area contributed by atoms with Crippen molar-refractivity contribution in [3.05, 3.63) is 0 Å². The number of carboxylic acid groups (broad SMARTS) is 4. The molecule has 0 aromatic carbocycles. The number of aliphatic hydroxyl groups excluding tert-OH is 2. The zero-order chi connectivity index (χ0) is 14.5. The summed E-state index contributed by atoms with van der Waals surface area (Å²) in [7, 11) is 0. The Morgan fingerprint density at radius 2 is 1.18 bits per heavy atom. The highest BCUT2D eigenvalue weighted by Crippen LogP contribution is 2.20. The molecule has 17 heavy (non-hydrogen) atoms. The van der Waals surface area contributed by atoms with Crippen molar-refractivity contribution >= 4 is 12.3 Å². The van der Waals surface area contributed by atoms with Crippen LogP contribution >= 0.6 is 0 Å². The van der Waals surface area contributed by atoms with Crippen molar-refractivity contribution in [2.24, 2.45) is 5.41 Å². The highest BCUT2D eigenvalue weighted by Gasteiger charge is 2.20. The maximum atomic E-state index is 8.76. The first-order valence-electron chi connectivity index (χ1n) is 4.70. The van der Waals surface area contributed by atoms with E-state index in [1.807, 2.05) is 13.8 Å². The van der Waals surface area contributed by atoms with Crippen LogP contribution in [0.2, 0.25) is 0 Å². The first-order chi connectivity index (χ1) is 7.65. The second-order valence-electron chi connectivity index (χ2n) is 3.44. The zero-order valence-electron chi connectivity index (χ0n) is 9.83. The van der Waals surface area contributed by atoms with Crippen molar-refractivity contribution in [1.82, 2.24) is 0 Å². The molecule has 0 fully saturated rings. The average molecular weight is 256 g/mol. The maximum absolute atomic E-state index is 8.76. The van der Waals surface area contributed by atoms with Crippen LogP contribution in [0, 0.1) is 5.41 Å². The van der Waals surface area contributed by atoms with Crippen LogP contribution in [0.3, 0.4) is 0 Å². The summed E-state index contributed by atoms with van der Waals surface area (Å²) in [5.74, 6) is 0. The first-order valence-corrected chi connectivity index (χ1v) is 4.70. The minimum absolute atomic E-state index is 0.0807. The van der Waals surface area contributed by atoms with Gasteiger partial charge in [0.1, 0.15) is 0 Å². The Kier molecular flexibility index (Phi) is 15.3. The van der Waals surface area contributed by atoms with E-state index in [1.54, 1.807) is 0 Å².